The number of para-hydroxylation sites is 1. The van der Waals surface area contributed by atoms with Crippen LogP contribution in [0.15, 0.2) is 59.1 Å². The molecule has 2 aromatic heterocycles. The van der Waals surface area contributed by atoms with Crippen LogP contribution in [0.2, 0.25) is 0 Å². The number of nitrogens with one attached hydrogen (secondary N) is 1. The summed E-state index contributed by atoms with van der Waals surface area (Å²) in [5.74, 6) is 1.45. The van der Waals surface area contributed by atoms with Crippen molar-refractivity contribution in [1.82, 2.24) is 20.4 Å². The van der Waals surface area contributed by atoms with E-state index < -0.39 is 0 Å². The Labute approximate surface area is 192 Å². The Morgan fingerprint density at radius 2 is 1.88 bits per heavy atom. The number of fused-ring (bicyclic) bond motifs is 2. The first-order valence-electron chi connectivity index (χ1n) is 11.3. The predicted molar refractivity (Wildman–Crippen MR) is 129 cm³/mol. The van der Waals surface area contributed by atoms with Gasteiger partial charge in [0.15, 0.2) is 5.82 Å². The highest BCUT2D eigenvalue weighted by atomic mass is 16.5. The summed E-state index contributed by atoms with van der Waals surface area (Å²) < 4.78 is 5.17. The molecule has 1 atom stereocenters. The first-order chi connectivity index (χ1) is 16.1. The van der Waals surface area contributed by atoms with Crippen molar-refractivity contribution in [2.24, 2.45) is 5.92 Å². The van der Waals surface area contributed by atoms with Crippen LogP contribution in [0.1, 0.15) is 52.2 Å². The minimum atomic E-state index is -0.0887. The molecule has 1 N–H and O–H groups in total. The number of allylic oxidation sites excluding steroid dienone is 1. The molecule has 5 rings (SSSR count). The van der Waals surface area contributed by atoms with Gasteiger partial charge in [-0.15, -0.1) is 0 Å². The summed E-state index contributed by atoms with van der Waals surface area (Å²) in [7, 11) is 0. The van der Waals surface area contributed by atoms with Gasteiger partial charge in [0.25, 0.3) is 5.91 Å². The summed E-state index contributed by atoms with van der Waals surface area (Å²) >= 11 is 0. The van der Waals surface area contributed by atoms with Crippen LogP contribution in [0, 0.1) is 12.8 Å². The molecule has 1 aliphatic carbocycles. The zero-order chi connectivity index (χ0) is 22.8. The van der Waals surface area contributed by atoms with Gasteiger partial charge < -0.3 is 9.84 Å². The lowest BCUT2D eigenvalue weighted by atomic mass is 9.80. The lowest BCUT2D eigenvalue weighted by Crippen LogP contribution is -2.29. The molecule has 0 saturated carbocycles. The average molecular weight is 439 g/mol. The number of carbonyl (C=O) groups is 1. The van der Waals surface area contributed by atoms with Crippen LogP contribution in [-0.4, -0.2) is 27.6 Å². The predicted octanol–water partition coefficient (Wildman–Crippen LogP) is 5.02. The van der Waals surface area contributed by atoms with E-state index in [1.807, 2.05) is 42.5 Å². The van der Waals surface area contributed by atoms with E-state index in [1.165, 1.54) is 5.57 Å². The normalized spacial score (nSPS) is 16.7. The van der Waals surface area contributed by atoms with E-state index in [0.717, 1.165) is 46.1 Å². The highest BCUT2D eigenvalue weighted by Gasteiger charge is 2.28. The molecule has 6 nitrogen and oxygen atoms in total. The highest BCUT2D eigenvalue weighted by molar-refractivity contribution is 6.09. The molecular formula is C27H26N4O2. The van der Waals surface area contributed by atoms with Gasteiger partial charge in [-0.25, -0.2) is 4.98 Å². The molecular weight excluding hydrogens is 412 g/mol. The Balaban J connectivity index is 1.54. The Morgan fingerprint density at radius 1 is 1.09 bits per heavy atom. The zero-order valence-electron chi connectivity index (χ0n) is 18.8. The third-order valence-corrected chi connectivity index (χ3v) is 5.98. The molecule has 33 heavy (non-hydrogen) atoms. The number of hydrogen-bond donors (Lipinski definition) is 1. The molecule has 0 saturated heterocycles. The monoisotopic (exact) mass is 438 g/mol. The van der Waals surface area contributed by atoms with E-state index in [-0.39, 0.29) is 5.91 Å². The third kappa shape index (κ3) is 4.42. The van der Waals surface area contributed by atoms with E-state index in [9.17, 15) is 4.79 Å². The fraction of sp³-hybridized carbons (Fsp3) is 0.259. The van der Waals surface area contributed by atoms with Crippen LogP contribution in [0.25, 0.3) is 22.6 Å². The van der Waals surface area contributed by atoms with Crippen LogP contribution in [0.3, 0.4) is 0 Å². The zero-order valence-corrected chi connectivity index (χ0v) is 18.8. The SMILES string of the molecule is Cc1noc(CCNC(=O)c2c3c(nc4ccccc24)/C(=C\c2ccccc2)CC(C)C3)n1. The second-order valence-corrected chi connectivity index (χ2v) is 8.67. The van der Waals surface area contributed by atoms with Gasteiger partial charge in [-0.1, -0.05) is 60.6 Å². The van der Waals surface area contributed by atoms with Gasteiger partial charge in [0.1, 0.15) is 0 Å². The highest BCUT2D eigenvalue weighted by Crippen LogP contribution is 2.38. The number of nitrogens with zero attached hydrogens (tertiary/aromatic N) is 3. The van der Waals surface area contributed by atoms with Crippen molar-refractivity contribution >= 4 is 28.5 Å². The smallest absolute Gasteiger partial charge is 0.252 e. The molecule has 0 radical (unpaired) electrons. The molecule has 0 bridgehead atoms. The van der Waals surface area contributed by atoms with Crippen molar-refractivity contribution in [3.8, 4) is 0 Å². The summed E-state index contributed by atoms with van der Waals surface area (Å²) in [5.41, 5.74) is 5.85. The summed E-state index contributed by atoms with van der Waals surface area (Å²) in [6.07, 6.45) is 4.46. The Hall–Kier alpha value is -3.80. The molecule has 2 heterocycles. The van der Waals surface area contributed by atoms with Crippen LogP contribution in [0.5, 0.6) is 0 Å². The molecule has 0 fully saturated rings. The molecule has 6 heteroatoms. The summed E-state index contributed by atoms with van der Waals surface area (Å²) in [6.45, 7) is 4.44. The van der Waals surface area contributed by atoms with E-state index >= 15 is 0 Å². The average Bonchev–Trinajstić information content (AvgIpc) is 3.23. The van der Waals surface area contributed by atoms with Crippen molar-refractivity contribution in [2.45, 2.75) is 33.1 Å². The van der Waals surface area contributed by atoms with Crippen molar-refractivity contribution in [2.75, 3.05) is 6.54 Å². The van der Waals surface area contributed by atoms with Crippen molar-refractivity contribution in [3.63, 3.8) is 0 Å². The molecule has 2 aromatic carbocycles. The van der Waals surface area contributed by atoms with Gasteiger partial charge in [0, 0.05) is 18.4 Å². The van der Waals surface area contributed by atoms with Crippen molar-refractivity contribution in [1.29, 1.82) is 0 Å². The second kappa shape index (κ2) is 8.98. The number of benzene rings is 2. The maximum absolute atomic E-state index is 13.5. The summed E-state index contributed by atoms with van der Waals surface area (Å²) in [6, 6.07) is 18.2. The molecule has 1 aliphatic rings. The van der Waals surface area contributed by atoms with Crippen LogP contribution < -0.4 is 5.32 Å². The minimum Gasteiger partial charge on any atom is -0.351 e. The quantitative estimate of drug-likeness (QED) is 0.473. The number of hydrogen-bond acceptors (Lipinski definition) is 5. The number of aryl methyl sites for hydroxylation is 1. The number of pyridine rings is 1. The molecule has 0 aliphatic heterocycles. The van der Waals surface area contributed by atoms with Gasteiger partial charge in [0.2, 0.25) is 5.89 Å². The van der Waals surface area contributed by atoms with E-state index in [1.54, 1.807) is 6.92 Å². The lowest BCUT2D eigenvalue weighted by molar-refractivity contribution is 0.0953. The Morgan fingerprint density at radius 3 is 2.67 bits per heavy atom. The fourth-order valence-corrected chi connectivity index (χ4v) is 4.56. The molecule has 166 valence electrons. The fourth-order valence-electron chi connectivity index (χ4n) is 4.56. The summed E-state index contributed by atoms with van der Waals surface area (Å²) in [5, 5.41) is 7.76. The van der Waals surface area contributed by atoms with Crippen LogP contribution >= 0.6 is 0 Å². The number of carbonyl (C=O) groups excluding carboxylic acids is 1. The topological polar surface area (TPSA) is 80.9 Å². The third-order valence-electron chi connectivity index (χ3n) is 5.98. The first-order valence-corrected chi connectivity index (χ1v) is 11.3. The maximum atomic E-state index is 13.5. The number of aromatic nitrogens is 3. The van der Waals surface area contributed by atoms with Crippen molar-refractivity contribution < 1.29 is 9.32 Å². The van der Waals surface area contributed by atoms with Crippen molar-refractivity contribution in [3.05, 3.63) is 88.7 Å². The molecule has 4 aromatic rings. The van der Waals surface area contributed by atoms with Gasteiger partial charge in [-0.05, 0) is 54.5 Å². The maximum Gasteiger partial charge on any atom is 0.252 e. The van der Waals surface area contributed by atoms with E-state index in [2.05, 4.69) is 40.6 Å². The number of rotatable bonds is 5. The molecule has 1 amide bonds. The number of amides is 1. The Bertz CT molecular complexity index is 1340. The molecule has 1 unspecified atom stereocenters. The first kappa shape index (κ1) is 21.1. The van der Waals surface area contributed by atoms with Gasteiger partial charge in [0.05, 0.1) is 16.8 Å². The van der Waals surface area contributed by atoms with Gasteiger partial charge in [-0.3, -0.25) is 4.79 Å². The van der Waals surface area contributed by atoms with Gasteiger partial charge >= 0.3 is 0 Å². The van der Waals surface area contributed by atoms with E-state index in [0.29, 0.717) is 30.6 Å². The largest absolute Gasteiger partial charge is 0.351 e. The van der Waals surface area contributed by atoms with E-state index in [4.69, 9.17) is 9.51 Å². The van der Waals surface area contributed by atoms with Crippen LogP contribution in [0.4, 0.5) is 0 Å². The Kier molecular flexibility index (Phi) is 5.73. The second-order valence-electron chi connectivity index (χ2n) is 8.67. The molecule has 0 spiro atoms. The minimum absolute atomic E-state index is 0.0887. The standard InChI is InChI=1S/C27H26N4O2/c1-17-14-20(16-19-8-4-3-5-9-19)26-22(15-17)25(21-10-6-7-11-23(21)30-26)27(32)28-13-12-24-29-18(2)31-33-24/h3-11,16-17H,12-15H2,1-2H3,(H,28,32)/b20-16-. The van der Waals surface area contributed by atoms with Crippen LogP contribution in [-0.2, 0) is 12.8 Å². The van der Waals surface area contributed by atoms with Gasteiger partial charge in [-0.2, -0.15) is 4.98 Å². The lowest BCUT2D eigenvalue weighted by Gasteiger charge is -2.27. The summed E-state index contributed by atoms with van der Waals surface area (Å²) in [4.78, 5) is 22.7.